The maximum Gasteiger partial charge on any atom is 0.342 e. The zero-order chi connectivity index (χ0) is 20.3. The van der Waals surface area contributed by atoms with Crippen LogP contribution in [0.5, 0.6) is 0 Å². The lowest BCUT2D eigenvalue weighted by Crippen LogP contribution is -2.25. The Hall–Kier alpha value is -2.46. The van der Waals surface area contributed by atoms with Gasteiger partial charge in [0.1, 0.15) is 0 Å². The maximum atomic E-state index is 12.6. The van der Waals surface area contributed by atoms with Gasteiger partial charge in [-0.3, -0.25) is 9.36 Å². The molecule has 6 nitrogen and oxygen atoms in total. The van der Waals surface area contributed by atoms with Crippen LogP contribution >= 0.6 is 30.5 Å². The smallest absolute Gasteiger partial charge is 0.332 e. The Morgan fingerprint density at radius 3 is 2.75 bits per heavy atom. The summed E-state index contributed by atoms with van der Waals surface area (Å²) in [6.45, 7) is 0. The largest absolute Gasteiger partial charge is 0.342 e. The third kappa shape index (κ3) is 4.33. The summed E-state index contributed by atoms with van der Waals surface area (Å²) >= 11 is 7.27. The molecule has 142 valence electrons. The number of fused-ring (bicyclic) bond motifs is 1. The van der Waals surface area contributed by atoms with Crippen molar-refractivity contribution in [3.05, 3.63) is 75.8 Å². The second-order valence-electron chi connectivity index (χ2n) is 5.86. The molecule has 1 amide bonds. The summed E-state index contributed by atoms with van der Waals surface area (Å²) in [5.74, 6) is -0.848. The fraction of sp³-hybridized carbons (Fsp3) is 0.0526. The van der Waals surface area contributed by atoms with Gasteiger partial charge in [0.05, 0.1) is 11.6 Å². The molecule has 0 bridgehead atoms. The Bertz CT molecular complexity index is 1160. The van der Waals surface area contributed by atoms with E-state index in [1.807, 2.05) is 6.07 Å². The highest BCUT2D eigenvalue weighted by Crippen LogP contribution is 2.54. The number of rotatable bonds is 5. The van der Waals surface area contributed by atoms with E-state index >= 15 is 0 Å². The van der Waals surface area contributed by atoms with Crippen molar-refractivity contribution < 1.29 is 19.1 Å². The zero-order valence-corrected chi connectivity index (χ0v) is 16.7. The summed E-state index contributed by atoms with van der Waals surface area (Å²) in [7, 11) is -4.80. The molecule has 1 unspecified atom stereocenters. The van der Waals surface area contributed by atoms with E-state index in [0.29, 0.717) is 21.5 Å². The van der Waals surface area contributed by atoms with Gasteiger partial charge < -0.3 is 15.1 Å². The van der Waals surface area contributed by atoms with Crippen molar-refractivity contribution in [1.82, 2.24) is 5.32 Å². The van der Waals surface area contributed by atoms with Crippen LogP contribution in [-0.2, 0) is 9.36 Å². The molecule has 0 fully saturated rings. The van der Waals surface area contributed by atoms with Crippen molar-refractivity contribution in [3.63, 3.8) is 0 Å². The normalized spacial score (nSPS) is 12.8. The predicted octanol–water partition coefficient (Wildman–Crippen LogP) is 4.43. The van der Waals surface area contributed by atoms with Gasteiger partial charge in [0.25, 0.3) is 0 Å². The third-order valence-electron chi connectivity index (χ3n) is 4.01. The highest BCUT2D eigenvalue weighted by Gasteiger charge is 2.38. The molecule has 0 aliphatic rings. The molecule has 1 aromatic heterocycles. The first kappa shape index (κ1) is 20.3. The zero-order valence-electron chi connectivity index (χ0n) is 14.2. The van der Waals surface area contributed by atoms with E-state index in [0.717, 1.165) is 4.70 Å². The van der Waals surface area contributed by atoms with Crippen LogP contribution in [0.25, 0.3) is 16.2 Å². The van der Waals surface area contributed by atoms with Gasteiger partial charge in [0, 0.05) is 15.9 Å². The molecule has 0 radical (unpaired) electrons. The average molecular weight is 433 g/mol. The van der Waals surface area contributed by atoms with Crippen molar-refractivity contribution in [2.45, 2.75) is 5.66 Å². The van der Waals surface area contributed by atoms with Gasteiger partial charge >= 0.3 is 7.60 Å². The highest BCUT2D eigenvalue weighted by molar-refractivity contribution is 7.53. The molecule has 28 heavy (non-hydrogen) atoms. The molecule has 3 aromatic rings. The van der Waals surface area contributed by atoms with E-state index < -0.39 is 19.2 Å². The van der Waals surface area contributed by atoms with Gasteiger partial charge in [-0.1, -0.05) is 29.8 Å². The number of benzene rings is 2. The second kappa shape index (κ2) is 8.27. The number of halogens is 1. The number of carbonyl (C=O) groups excluding carboxylic acids is 1. The van der Waals surface area contributed by atoms with Gasteiger partial charge in [0.2, 0.25) is 5.91 Å². The van der Waals surface area contributed by atoms with E-state index in [9.17, 15) is 19.1 Å². The van der Waals surface area contributed by atoms with E-state index in [2.05, 4.69) is 5.32 Å². The fourth-order valence-corrected chi connectivity index (χ4v) is 4.94. The van der Waals surface area contributed by atoms with E-state index in [-0.39, 0.29) is 5.56 Å². The monoisotopic (exact) mass is 432 g/mol. The summed E-state index contributed by atoms with van der Waals surface area (Å²) in [6, 6.07) is 13.8. The molecular formula is C19H14ClN2O4PS. The van der Waals surface area contributed by atoms with Gasteiger partial charge in [-0.15, -0.1) is 11.3 Å². The van der Waals surface area contributed by atoms with E-state index in [1.165, 1.54) is 23.6 Å². The lowest BCUT2D eigenvalue weighted by Gasteiger charge is -2.16. The third-order valence-corrected chi connectivity index (χ3v) is 6.42. The van der Waals surface area contributed by atoms with Gasteiger partial charge in [0.15, 0.2) is 5.66 Å². The first-order chi connectivity index (χ1) is 13.3. The standard InChI is InChI=1S/C19H14ClN2O4PS/c20-14-5-6-17-15(9-14)16(11-28-17)18(27(24,25)26)19(23)22-8-7-12-3-1-2-4-13(12)10-21/h1-9,11,18H,(H,22,23)(H2,24,25,26). The minimum atomic E-state index is -4.80. The Kier molecular flexibility index (Phi) is 5.99. The molecule has 9 heteroatoms. The highest BCUT2D eigenvalue weighted by atomic mass is 35.5. The molecular weight excluding hydrogens is 419 g/mol. The van der Waals surface area contributed by atoms with Crippen molar-refractivity contribution in [2.75, 3.05) is 0 Å². The molecule has 3 N–H and O–H groups in total. The van der Waals surface area contributed by atoms with Crippen molar-refractivity contribution >= 4 is 52.6 Å². The fourth-order valence-electron chi connectivity index (χ4n) is 2.74. The summed E-state index contributed by atoms with van der Waals surface area (Å²) in [6.07, 6.45) is 2.76. The Labute approximate surface area is 169 Å². The van der Waals surface area contributed by atoms with Crippen LogP contribution < -0.4 is 5.32 Å². The van der Waals surface area contributed by atoms with Gasteiger partial charge in [-0.2, -0.15) is 5.26 Å². The molecule has 0 aliphatic carbocycles. The van der Waals surface area contributed by atoms with Crippen LogP contribution in [-0.4, -0.2) is 15.7 Å². The average Bonchev–Trinajstić information content (AvgIpc) is 3.03. The molecule has 1 atom stereocenters. The van der Waals surface area contributed by atoms with Crippen LogP contribution in [0.3, 0.4) is 0 Å². The number of nitriles is 1. The van der Waals surface area contributed by atoms with Gasteiger partial charge in [-0.25, -0.2) is 0 Å². The predicted molar refractivity (Wildman–Crippen MR) is 110 cm³/mol. The summed E-state index contributed by atoms with van der Waals surface area (Å²) in [5.41, 5.74) is -0.460. The number of hydrogen-bond donors (Lipinski definition) is 3. The quantitative estimate of drug-likeness (QED) is 0.516. The number of thiophene rings is 1. The van der Waals surface area contributed by atoms with Crippen LogP contribution in [0.1, 0.15) is 22.3 Å². The molecule has 3 rings (SSSR count). The van der Waals surface area contributed by atoms with Crippen LogP contribution in [0.15, 0.2) is 54.0 Å². The molecule has 0 saturated heterocycles. The van der Waals surface area contributed by atoms with Crippen LogP contribution in [0.2, 0.25) is 5.02 Å². The Morgan fingerprint density at radius 2 is 2.04 bits per heavy atom. The van der Waals surface area contributed by atoms with E-state index in [1.54, 1.807) is 47.8 Å². The maximum absolute atomic E-state index is 12.6. The molecule has 0 spiro atoms. The van der Waals surface area contributed by atoms with Crippen molar-refractivity contribution in [3.8, 4) is 6.07 Å². The Morgan fingerprint density at radius 1 is 1.29 bits per heavy atom. The molecule has 0 aliphatic heterocycles. The SMILES string of the molecule is N#Cc1ccccc1C=CNC(=O)C(c1csc2ccc(Cl)cc12)P(=O)(O)O. The second-order valence-corrected chi connectivity index (χ2v) is 8.91. The topological polar surface area (TPSA) is 110 Å². The van der Waals surface area contributed by atoms with Crippen molar-refractivity contribution in [2.24, 2.45) is 0 Å². The van der Waals surface area contributed by atoms with Crippen LogP contribution in [0, 0.1) is 11.3 Å². The molecule has 1 heterocycles. The summed E-state index contributed by atoms with van der Waals surface area (Å²) in [5, 5.41) is 14.0. The number of hydrogen-bond acceptors (Lipinski definition) is 4. The van der Waals surface area contributed by atoms with Crippen molar-refractivity contribution in [1.29, 1.82) is 5.26 Å². The number of amides is 1. The summed E-state index contributed by atoms with van der Waals surface area (Å²) in [4.78, 5) is 32.2. The first-order valence-corrected chi connectivity index (χ1v) is 10.9. The summed E-state index contributed by atoms with van der Waals surface area (Å²) < 4.78 is 12.8. The minimum Gasteiger partial charge on any atom is -0.332 e. The van der Waals surface area contributed by atoms with Crippen LogP contribution in [0.4, 0.5) is 0 Å². The lowest BCUT2D eigenvalue weighted by atomic mass is 10.1. The number of nitrogens with one attached hydrogen (secondary N) is 1. The van der Waals surface area contributed by atoms with Gasteiger partial charge in [-0.05, 0) is 52.2 Å². The number of carbonyl (C=O) groups is 1. The number of nitrogens with zero attached hydrogens (tertiary/aromatic N) is 1. The first-order valence-electron chi connectivity index (χ1n) is 7.99. The minimum absolute atomic E-state index is 0.221. The van der Waals surface area contributed by atoms with E-state index in [4.69, 9.17) is 16.9 Å². The lowest BCUT2D eigenvalue weighted by molar-refractivity contribution is -0.120. The molecule has 2 aromatic carbocycles. The Balaban J connectivity index is 1.91. The molecule has 0 saturated carbocycles.